The fourth-order valence-corrected chi connectivity index (χ4v) is 5.66. The van der Waals surface area contributed by atoms with E-state index in [1.165, 1.54) is 12.8 Å². The summed E-state index contributed by atoms with van der Waals surface area (Å²) in [5.41, 5.74) is 0. The molecule has 1 unspecified atom stereocenters. The van der Waals surface area contributed by atoms with E-state index in [0.29, 0.717) is 21.6 Å². The summed E-state index contributed by atoms with van der Waals surface area (Å²) in [6.45, 7) is 4.08. The molecule has 0 aliphatic carbocycles. The highest BCUT2D eigenvalue weighted by atomic mass is 35.5. The minimum atomic E-state index is -3.41. The normalized spacial score (nSPS) is 20.4. The molecular weight excluding hydrogens is 316 g/mol. The van der Waals surface area contributed by atoms with Crippen molar-refractivity contribution < 1.29 is 8.42 Å². The van der Waals surface area contributed by atoms with Crippen LogP contribution in [0.5, 0.6) is 0 Å². The Morgan fingerprint density at radius 1 is 1.45 bits per heavy atom. The van der Waals surface area contributed by atoms with Crippen LogP contribution in [0.1, 0.15) is 32.6 Å². The van der Waals surface area contributed by atoms with Crippen LogP contribution in [0.25, 0.3) is 0 Å². The summed E-state index contributed by atoms with van der Waals surface area (Å²) in [5, 5.41) is 3.41. The van der Waals surface area contributed by atoms with E-state index in [1.54, 1.807) is 16.4 Å². The number of halogens is 1. The number of nitrogens with zero attached hydrogens (tertiary/aromatic N) is 1. The number of sulfonamides is 1. The van der Waals surface area contributed by atoms with Crippen LogP contribution in [0.3, 0.4) is 0 Å². The summed E-state index contributed by atoms with van der Waals surface area (Å²) in [5.74, 6) is 0. The third-order valence-corrected chi connectivity index (χ3v) is 7.02. The maximum atomic E-state index is 12.7. The number of hydrogen-bond acceptors (Lipinski definition) is 4. The zero-order chi connectivity index (χ0) is 14.6. The average Bonchev–Trinajstić information content (AvgIpc) is 2.87. The number of piperidine rings is 1. The van der Waals surface area contributed by atoms with Crippen LogP contribution in [0.4, 0.5) is 0 Å². The molecular formula is C13H21ClN2O2S2. The van der Waals surface area contributed by atoms with Crippen molar-refractivity contribution in [3.63, 3.8) is 0 Å². The summed E-state index contributed by atoms with van der Waals surface area (Å²) in [4.78, 5) is 0. The van der Waals surface area contributed by atoms with Gasteiger partial charge in [-0.1, -0.05) is 24.9 Å². The Labute approximate surface area is 130 Å². The summed E-state index contributed by atoms with van der Waals surface area (Å²) in [6.07, 6.45) is 4.20. The van der Waals surface area contributed by atoms with Crippen molar-refractivity contribution >= 4 is 33.0 Å². The molecule has 20 heavy (non-hydrogen) atoms. The second kappa shape index (κ2) is 7.22. The van der Waals surface area contributed by atoms with Crippen molar-refractivity contribution in [2.24, 2.45) is 0 Å². The van der Waals surface area contributed by atoms with Crippen LogP contribution in [-0.2, 0) is 10.0 Å². The molecule has 7 heteroatoms. The van der Waals surface area contributed by atoms with Crippen LogP contribution in [-0.4, -0.2) is 38.4 Å². The molecule has 1 aromatic heterocycles. The molecule has 0 bridgehead atoms. The van der Waals surface area contributed by atoms with Gasteiger partial charge in [0.2, 0.25) is 0 Å². The highest BCUT2D eigenvalue weighted by Gasteiger charge is 2.28. The standard InChI is InChI=1S/C13H21ClN2O2S2/c1-2-9-16(10-11-5-3-4-8-15-11)20(17,18)13-7-6-12(14)19-13/h6-7,11,15H,2-5,8-10H2,1H3. The van der Waals surface area contributed by atoms with Gasteiger partial charge < -0.3 is 5.32 Å². The lowest BCUT2D eigenvalue weighted by atomic mass is 10.1. The Morgan fingerprint density at radius 2 is 2.25 bits per heavy atom. The van der Waals surface area contributed by atoms with Crippen LogP contribution in [0.15, 0.2) is 16.3 Å². The molecule has 114 valence electrons. The monoisotopic (exact) mass is 336 g/mol. The van der Waals surface area contributed by atoms with Gasteiger partial charge in [0.05, 0.1) is 4.34 Å². The van der Waals surface area contributed by atoms with E-state index >= 15 is 0 Å². The molecule has 1 aromatic rings. The molecule has 2 rings (SSSR count). The lowest BCUT2D eigenvalue weighted by Gasteiger charge is -2.29. The van der Waals surface area contributed by atoms with Gasteiger partial charge in [0.1, 0.15) is 4.21 Å². The lowest BCUT2D eigenvalue weighted by Crippen LogP contribution is -2.45. The fraction of sp³-hybridized carbons (Fsp3) is 0.692. The maximum absolute atomic E-state index is 12.7. The van der Waals surface area contributed by atoms with Gasteiger partial charge in [-0.3, -0.25) is 0 Å². The second-order valence-electron chi connectivity index (χ2n) is 5.07. The SMILES string of the molecule is CCCN(CC1CCCCN1)S(=O)(=O)c1ccc(Cl)s1. The minimum absolute atomic E-state index is 0.264. The van der Waals surface area contributed by atoms with Crippen LogP contribution in [0, 0.1) is 0 Å². The van der Waals surface area contributed by atoms with Gasteiger partial charge in [0, 0.05) is 19.1 Å². The Morgan fingerprint density at radius 3 is 2.80 bits per heavy atom. The van der Waals surface area contributed by atoms with Gasteiger partial charge in [-0.15, -0.1) is 11.3 Å². The summed E-state index contributed by atoms with van der Waals surface area (Å²) in [6, 6.07) is 3.50. The largest absolute Gasteiger partial charge is 0.313 e. The smallest absolute Gasteiger partial charge is 0.252 e. The van der Waals surface area contributed by atoms with Crippen molar-refractivity contribution in [1.82, 2.24) is 9.62 Å². The molecule has 0 saturated carbocycles. The maximum Gasteiger partial charge on any atom is 0.252 e. The van der Waals surface area contributed by atoms with E-state index in [4.69, 9.17) is 11.6 Å². The molecule has 0 spiro atoms. The van der Waals surface area contributed by atoms with Crippen molar-refractivity contribution in [3.8, 4) is 0 Å². The van der Waals surface area contributed by atoms with Crippen molar-refractivity contribution in [3.05, 3.63) is 16.5 Å². The third kappa shape index (κ3) is 3.95. The molecule has 1 aliphatic heterocycles. The van der Waals surface area contributed by atoms with Gasteiger partial charge in [-0.25, -0.2) is 8.42 Å². The van der Waals surface area contributed by atoms with E-state index in [9.17, 15) is 8.42 Å². The molecule has 1 N–H and O–H groups in total. The van der Waals surface area contributed by atoms with E-state index in [-0.39, 0.29) is 6.04 Å². The quantitative estimate of drug-likeness (QED) is 0.869. The number of rotatable bonds is 6. The first-order chi connectivity index (χ1) is 9.54. The summed E-state index contributed by atoms with van der Waals surface area (Å²) >= 11 is 6.99. The second-order valence-corrected chi connectivity index (χ2v) is 8.95. The predicted octanol–water partition coefficient (Wildman–Crippen LogP) is 2.94. The number of thiophene rings is 1. The lowest BCUT2D eigenvalue weighted by molar-refractivity contribution is 0.313. The number of nitrogens with one attached hydrogen (secondary N) is 1. The van der Waals surface area contributed by atoms with E-state index < -0.39 is 10.0 Å². The summed E-state index contributed by atoms with van der Waals surface area (Å²) in [7, 11) is -3.41. The van der Waals surface area contributed by atoms with E-state index in [1.807, 2.05) is 6.92 Å². The predicted molar refractivity (Wildman–Crippen MR) is 84.0 cm³/mol. The summed E-state index contributed by atoms with van der Waals surface area (Å²) < 4.78 is 27.8. The van der Waals surface area contributed by atoms with Gasteiger partial charge >= 0.3 is 0 Å². The Kier molecular flexibility index (Phi) is 5.86. The topological polar surface area (TPSA) is 49.4 Å². The van der Waals surface area contributed by atoms with Crippen molar-refractivity contribution in [2.45, 2.75) is 42.9 Å². The molecule has 1 atom stereocenters. The molecule has 0 amide bonds. The molecule has 4 nitrogen and oxygen atoms in total. The van der Waals surface area contributed by atoms with Crippen molar-refractivity contribution in [2.75, 3.05) is 19.6 Å². The Balaban J connectivity index is 2.14. The fourth-order valence-electron chi connectivity index (χ4n) is 2.45. The average molecular weight is 337 g/mol. The molecule has 0 aromatic carbocycles. The molecule has 1 saturated heterocycles. The van der Waals surface area contributed by atoms with Crippen LogP contribution >= 0.6 is 22.9 Å². The molecule has 0 radical (unpaired) electrons. The van der Waals surface area contributed by atoms with Crippen molar-refractivity contribution in [1.29, 1.82) is 0 Å². The van der Waals surface area contributed by atoms with E-state index in [0.717, 1.165) is 30.7 Å². The zero-order valence-corrected chi connectivity index (χ0v) is 14.0. The van der Waals surface area contributed by atoms with Gasteiger partial charge in [0.15, 0.2) is 0 Å². The highest BCUT2D eigenvalue weighted by molar-refractivity contribution is 7.91. The molecule has 2 heterocycles. The zero-order valence-electron chi connectivity index (χ0n) is 11.6. The van der Waals surface area contributed by atoms with Gasteiger partial charge in [-0.05, 0) is 37.9 Å². The Hall–Kier alpha value is -0.140. The first-order valence-electron chi connectivity index (χ1n) is 7.03. The van der Waals surface area contributed by atoms with Crippen LogP contribution < -0.4 is 5.32 Å². The van der Waals surface area contributed by atoms with Gasteiger partial charge in [-0.2, -0.15) is 4.31 Å². The van der Waals surface area contributed by atoms with E-state index in [2.05, 4.69) is 5.32 Å². The third-order valence-electron chi connectivity index (χ3n) is 3.45. The first kappa shape index (κ1) is 16.2. The van der Waals surface area contributed by atoms with Crippen LogP contribution in [0.2, 0.25) is 4.34 Å². The van der Waals surface area contributed by atoms with Gasteiger partial charge in [0.25, 0.3) is 10.0 Å². The highest BCUT2D eigenvalue weighted by Crippen LogP contribution is 2.28. The number of hydrogen-bond donors (Lipinski definition) is 1. The first-order valence-corrected chi connectivity index (χ1v) is 9.66. The Bertz CT molecular complexity index is 524. The molecule has 1 aliphatic rings. The molecule has 1 fully saturated rings. The minimum Gasteiger partial charge on any atom is -0.313 e.